The van der Waals surface area contributed by atoms with Gasteiger partial charge in [-0.1, -0.05) is 31.4 Å². The molecule has 1 unspecified atom stereocenters. The van der Waals surface area contributed by atoms with Gasteiger partial charge in [-0.05, 0) is 36.6 Å². The lowest BCUT2D eigenvalue weighted by Gasteiger charge is -2.37. The highest BCUT2D eigenvalue weighted by Crippen LogP contribution is 2.40. The molecule has 0 bridgehead atoms. The average molecular weight is 441 g/mol. The number of nitrogens with one attached hydrogen (secondary N) is 2. The van der Waals surface area contributed by atoms with Gasteiger partial charge in [0.2, 0.25) is 5.91 Å². The van der Waals surface area contributed by atoms with Crippen LogP contribution in [-0.4, -0.2) is 55.0 Å². The van der Waals surface area contributed by atoms with Gasteiger partial charge in [-0.3, -0.25) is 14.3 Å². The summed E-state index contributed by atoms with van der Waals surface area (Å²) in [6.07, 6.45) is 5.64. The smallest absolute Gasteiger partial charge is 0.271 e. The number of methoxy groups -OCH3 is 2. The summed E-state index contributed by atoms with van der Waals surface area (Å²) in [7, 11) is 3.24. The number of nitrogens with zero attached hydrogens (tertiary/aromatic N) is 2. The van der Waals surface area contributed by atoms with E-state index in [1.807, 2.05) is 35.0 Å². The summed E-state index contributed by atoms with van der Waals surface area (Å²) in [6, 6.07) is 9.71. The van der Waals surface area contributed by atoms with Crippen LogP contribution in [0.5, 0.6) is 5.75 Å². The van der Waals surface area contributed by atoms with E-state index >= 15 is 0 Å². The van der Waals surface area contributed by atoms with Gasteiger partial charge in [0.25, 0.3) is 5.91 Å². The van der Waals surface area contributed by atoms with Crippen LogP contribution in [0.25, 0.3) is 0 Å². The Morgan fingerprint density at radius 2 is 1.91 bits per heavy atom. The van der Waals surface area contributed by atoms with Crippen LogP contribution < -0.4 is 15.4 Å². The lowest BCUT2D eigenvalue weighted by molar-refractivity contribution is -0.128. The molecule has 172 valence electrons. The molecule has 1 aromatic carbocycles. The van der Waals surface area contributed by atoms with Crippen molar-refractivity contribution in [3.63, 3.8) is 0 Å². The average Bonchev–Trinajstić information content (AvgIpc) is 3.38. The summed E-state index contributed by atoms with van der Waals surface area (Å²) in [5.41, 5.74) is 1.93. The Morgan fingerprint density at radius 1 is 1.16 bits per heavy atom. The number of hydrogen-bond donors (Lipinski definition) is 2. The van der Waals surface area contributed by atoms with Crippen LogP contribution in [0.4, 0.5) is 0 Å². The molecule has 0 radical (unpaired) electrons. The summed E-state index contributed by atoms with van der Waals surface area (Å²) >= 11 is 0. The van der Waals surface area contributed by atoms with E-state index in [9.17, 15) is 9.59 Å². The van der Waals surface area contributed by atoms with E-state index in [4.69, 9.17) is 9.47 Å². The van der Waals surface area contributed by atoms with Crippen molar-refractivity contribution < 1.29 is 19.1 Å². The van der Waals surface area contributed by atoms with E-state index in [-0.39, 0.29) is 17.9 Å². The van der Waals surface area contributed by atoms with Crippen LogP contribution in [0, 0.1) is 0 Å². The molecule has 1 aromatic heterocycles. The first-order chi connectivity index (χ1) is 15.6. The zero-order valence-electron chi connectivity index (χ0n) is 18.9. The lowest BCUT2D eigenvalue weighted by Crippen LogP contribution is -2.49. The van der Waals surface area contributed by atoms with Crippen LogP contribution >= 0.6 is 0 Å². The maximum atomic E-state index is 13.6. The Balaban J connectivity index is 1.42. The van der Waals surface area contributed by atoms with Crippen molar-refractivity contribution in [3.05, 3.63) is 47.3 Å². The number of carbonyl (C=O) groups is 2. The second-order valence-corrected chi connectivity index (χ2v) is 8.70. The molecule has 1 fully saturated rings. The number of carbonyl (C=O) groups excluding carboxylic acids is 2. The zero-order chi connectivity index (χ0) is 22.6. The predicted octanol–water partition coefficient (Wildman–Crippen LogP) is 2.21. The van der Waals surface area contributed by atoms with Gasteiger partial charge in [0.15, 0.2) is 0 Å². The second kappa shape index (κ2) is 9.73. The standard InChI is InChI=1S/C24H32N4O4/c1-31-13-12-25-22(29)21-15-19-14-18(16-28(19)27-21)26-23(30)24(10-4-3-5-11-24)17-6-8-20(32-2)9-7-17/h6-9,15,18H,3-5,10-14,16H2,1-2H3,(H,25,29)(H,26,30). The fourth-order valence-corrected chi connectivity index (χ4v) is 4.90. The minimum Gasteiger partial charge on any atom is -0.497 e. The Labute approximate surface area is 188 Å². The Kier molecular flexibility index (Phi) is 6.79. The molecule has 2 amide bonds. The second-order valence-electron chi connectivity index (χ2n) is 8.70. The van der Waals surface area contributed by atoms with Crippen molar-refractivity contribution in [2.24, 2.45) is 0 Å². The van der Waals surface area contributed by atoms with E-state index in [1.54, 1.807) is 14.2 Å². The Bertz CT molecular complexity index is 924. The third kappa shape index (κ3) is 4.50. The van der Waals surface area contributed by atoms with Crippen LogP contribution in [0.3, 0.4) is 0 Å². The van der Waals surface area contributed by atoms with Crippen molar-refractivity contribution in [2.45, 2.75) is 56.5 Å². The molecule has 1 saturated carbocycles. The summed E-state index contributed by atoms with van der Waals surface area (Å²) in [5.74, 6) is 0.684. The Morgan fingerprint density at radius 3 is 2.56 bits per heavy atom. The molecule has 8 nitrogen and oxygen atoms in total. The number of benzene rings is 1. The highest BCUT2D eigenvalue weighted by atomic mass is 16.5. The molecular formula is C24H32N4O4. The SMILES string of the molecule is COCCNC(=O)c1cc2n(n1)CC(NC(=O)C1(c3ccc(OC)cc3)CCCCC1)C2. The highest BCUT2D eigenvalue weighted by molar-refractivity contribution is 5.92. The van der Waals surface area contributed by atoms with Crippen molar-refractivity contribution in [3.8, 4) is 5.75 Å². The van der Waals surface area contributed by atoms with Gasteiger partial charge < -0.3 is 20.1 Å². The van der Waals surface area contributed by atoms with Crippen molar-refractivity contribution in [1.29, 1.82) is 0 Å². The van der Waals surface area contributed by atoms with Gasteiger partial charge in [0, 0.05) is 25.8 Å². The quantitative estimate of drug-likeness (QED) is 0.614. The number of fused-ring (bicyclic) bond motifs is 1. The number of aromatic nitrogens is 2. The van der Waals surface area contributed by atoms with E-state index in [0.717, 1.165) is 42.7 Å². The van der Waals surface area contributed by atoms with Crippen molar-refractivity contribution in [2.75, 3.05) is 27.4 Å². The molecule has 1 aliphatic heterocycles. The summed E-state index contributed by atoms with van der Waals surface area (Å²) < 4.78 is 12.1. The van der Waals surface area contributed by atoms with Crippen LogP contribution in [-0.2, 0) is 27.9 Å². The van der Waals surface area contributed by atoms with Gasteiger partial charge >= 0.3 is 0 Å². The third-order valence-electron chi connectivity index (χ3n) is 6.66. The first-order valence-electron chi connectivity index (χ1n) is 11.3. The maximum Gasteiger partial charge on any atom is 0.271 e. The lowest BCUT2D eigenvalue weighted by atomic mass is 9.68. The maximum absolute atomic E-state index is 13.6. The van der Waals surface area contributed by atoms with Crippen molar-refractivity contribution in [1.82, 2.24) is 20.4 Å². The monoisotopic (exact) mass is 440 g/mol. The molecule has 2 aromatic rings. The first-order valence-corrected chi connectivity index (χ1v) is 11.3. The molecule has 1 atom stereocenters. The minimum absolute atomic E-state index is 0.0207. The van der Waals surface area contributed by atoms with E-state index in [0.29, 0.717) is 31.8 Å². The molecule has 2 aliphatic rings. The van der Waals surface area contributed by atoms with Gasteiger partial charge in [0.05, 0.1) is 31.7 Å². The predicted molar refractivity (Wildman–Crippen MR) is 120 cm³/mol. The molecular weight excluding hydrogens is 408 g/mol. The number of amides is 2. The highest BCUT2D eigenvalue weighted by Gasteiger charge is 2.42. The fraction of sp³-hybridized carbons (Fsp3) is 0.542. The van der Waals surface area contributed by atoms with E-state index in [2.05, 4.69) is 15.7 Å². The Hall–Kier alpha value is -2.87. The van der Waals surface area contributed by atoms with Gasteiger partial charge in [0.1, 0.15) is 11.4 Å². The molecule has 2 N–H and O–H groups in total. The molecule has 2 heterocycles. The fourth-order valence-electron chi connectivity index (χ4n) is 4.90. The molecule has 8 heteroatoms. The van der Waals surface area contributed by atoms with Gasteiger partial charge in [-0.2, -0.15) is 5.10 Å². The topological polar surface area (TPSA) is 94.5 Å². The molecule has 4 rings (SSSR count). The van der Waals surface area contributed by atoms with Crippen molar-refractivity contribution >= 4 is 11.8 Å². The normalized spacial score (nSPS) is 19.2. The number of rotatable bonds is 8. The molecule has 0 spiro atoms. The third-order valence-corrected chi connectivity index (χ3v) is 6.66. The summed E-state index contributed by atoms with van der Waals surface area (Å²) in [6.45, 7) is 1.48. The largest absolute Gasteiger partial charge is 0.497 e. The molecule has 32 heavy (non-hydrogen) atoms. The van der Waals surface area contributed by atoms with E-state index < -0.39 is 5.41 Å². The van der Waals surface area contributed by atoms with Crippen LogP contribution in [0.1, 0.15) is 53.8 Å². The number of ether oxygens (including phenoxy) is 2. The molecule has 1 aliphatic carbocycles. The van der Waals surface area contributed by atoms with Crippen LogP contribution in [0.15, 0.2) is 30.3 Å². The number of hydrogen-bond acceptors (Lipinski definition) is 5. The molecule has 0 saturated heterocycles. The summed E-state index contributed by atoms with van der Waals surface area (Å²) in [4.78, 5) is 25.8. The zero-order valence-corrected chi connectivity index (χ0v) is 18.9. The minimum atomic E-state index is -0.498. The van der Waals surface area contributed by atoms with Gasteiger partial charge in [-0.15, -0.1) is 0 Å². The van der Waals surface area contributed by atoms with E-state index in [1.165, 1.54) is 6.42 Å². The van der Waals surface area contributed by atoms with Crippen LogP contribution in [0.2, 0.25) is 0 Å². The first kappa shape index (κ1) is 22.3. The van der Waals surface area contributed by atoms with Gasteiger partial charge in [-0.25, -0.2) is 0 Å². The summed E-state index contributed by atoms with van der Waals surface area (Å²) in [5, 5.41) is 10.5.